The molecule has 1 aromatic heterocycles. The van der Waals surface area contributed by atoms with E-state index >= 15 is 0 Å². The van der Waals surface area contributed by atoms with Gasteiger partial charge in [0.05, 0.1) is 16.9 Å². The molecule has 3 amide bonds. The number of urea groups is 1. The molecule has 2 aromatic carbocycles. The fourth-order valence-electron chi connectivity index (χ4n) is 6.31. The van der Waals surface area contributed by atoms with E-state index in [1.807, 2.05) is 23.1 Å². The Bertz CT molecular complexity index is 1320. The van der Waals surface area contributed by atoms with E-state index in [1.165, 1.54) is 18.4 Å². The molecule has 4 heterocycles. The van der Waals surface area contributed by atoms with E-state index in [9.17, 15) is 9.59 Å². The second kappa shape index (κ2) is 12.2. The minimum absolute atomic E-state index is 0.114. The number of benzene rings is 2. The third kappa shape index (κ3) is 5.74. The Labute approximate surface area is 236 Å². The van der Waals surface area contributed by atoms with Crippen molar-refractivity contribution in [3.63, 3.8) is 0 Å². The maximum Gasteiger partial charge on any atom is 0.330 e. The van der Waals surface area contributed by atoms with Crippen molar-refractivity contribution >= 4 is 29.1 Å². The minimum Gasteiger partial charge on any atom is -0.321 e. The monoisotopic (exact) mass is 538 g/mol. The third-order valence-electron chi connectivity index (χ3n) is 8.49. The lowest BCUT2D eigenvalue weighted by Gasteiger charge is -2.33. The fraction of sp³-hybridized carbons (Fsp3) is 0.406. The first-order valence-electron chi connectivity index (χ1n) is 14.6. The highest BCUT2D eigenvalue weighted by Gasteiger charge is 2.37. The number of hydrogen-bond donors (Lipinski definition) is 2. The van der Waals surface area contributed by atoms with Gasteiger partial charge >= 0.3 is 6.03 Å². The summed E-state index contributed by atoms with van der Waals surface area (Å²) in [6, 6.07) is 21.6. The molecule has 40 heavy (non-hydrogen) atoms. The van der Waals surface area contributed by atoms with E-state index < -0.39 is 0 Å². The van der Waals surface area contributed by atoms with Crippen molar-refractivity contribution in [1.29, 1.82) is 0 Å². The third-order valence-corrected chi connectivity index (χ3v) is 8.49. The normalized spacial score (nSPS) is 19.6. The Balaban J connectivity index is 1.04. The van der Waals surface area contributed by atoms with Crippen molar-refractivity contribution in [3.05, 3.63) is 84.1 Å². The molecule has 0 aliphatic carbocycles. The number of aromatic nitrogens is 1. The van der Waals surface area contributed by atoms with Gasteiger partial charge in [-0.2, -0.15) is 0 Å². The quantitative estimate of drug-likeness (QED) is 0.401. The topological polar surface area (TPSA) is 80.8 Å². The molecule has 0 bridgehead atoms. The Morgan fingerprint density at radius 3 is 2.60 bits per heavy atom. The lowest BCUT2D eigenvalue weighted by molar-refractivity contribution is 0.102. The van der Waals surface area contributed by atoms with E-state index in [2.05, 4.69) is 50.8 Å². The first-order chi connectivity index (χ1) is 19.7. The molecule has 1 atom stereocenters. The summed E-state index contributed by atoms with van der Waals surface area (Å²) in [6.07, 6.45) is 7.00. The number of carbonyl (C=O) groups is 2. The molecule has 3 aliphatic rings. The predicted octanol–water partition coefficient (Wildman–Crippen LogP) is 5.26. The van der Waals surface area contributed by atoms with E-state index in [4.69, 9.17) is 0 Å². The number of likely N-dealkylation sites (tertiary alicyclic amines) is 2. The summed E-state index contributed by atoms with van der Waals surface area (Å²) in [5, 5.41) is 6.62. The summed E-state index contributed by atoms with van der Waals surface area (Å²) in [5.74, 6) is 0.941. The summed E-state index contributed by atoms with van der Waals surface area (Å²) in [4.78, 5) is 37.7. The summed E-state index contributed by atoms with van der Waals surface area (Å²) in [5.41, 5.74) is 2.98. The van der Waals surface area contributed by atoms with Gasteiger partial charge in [-0.15, -0.1) is 0 Å². The maximum atomic E-state index is 14.1. The van der Waals surface area contributed by atoms with Crippen LogP contribution in [0.1, 0.15) is 48.0 Å². The molecule has 8 heteroatoms. The number of nitrogens with zero attached hydrogens (tertiary/aromatic N) is 4. The number of para-hydroxylation sites is 1. The molecule has 3 aliphatic heterocycles. The molecule has 0 radical (unpaired) electrons. The summed E-state index contributed by atoms with van der Waals surface area (Å²) in [6.45, 7) is 5.98. The predicted molar refractivity (Wildman–Crippen MR) is 158 cm³/mol. The minimum atomic E-state index is -0.228. The molecule has 0 saturated carbocycles. The van der Waals surface area contributed by atoms with Crippen LogP contribution >= 0.6 is 0 Å². The molecule has 3 aromatic rings. The molecule has 208 valence electrons. The molecular weight excluding hydrogens is 500 g/mol. The van der Waals surface area contributed by atoms with Gasteiger partial charge in [-0.25, -0.2) is 14.7 Å². The van der Waals surface area contributed by atoms with Gasteiger partial charge in [0, 0.05) is 25.3 Å². The highest BCUT2D eigenvalue weighted by molar-refractivity contribution is 6.16. The number of amides is 3. The highest BCUT2D eigenvalue weighted by Crippen LogP contribution is 2.38. The maximum absolute atomic E-state index is 14.1. The Morgan fingerprint density at radius 2 is 1.75 bits per heavy atom. The molecule has 1 unspecified atom stereocenters. The molecule has 2 N–H and O–H groups in total. The number of nitrogens with one attached hydrogen (secondary N) is 2. The van der Waals surface area contributed by atoms with Crippen LogP contribution in [0.4, 0.5) is 22.0 Å². The van der Waals surface area contributed by atoms with Crippen LogP contribution < -0.4 is 15.5 Å². The Kier molecular flexibility index (Phi) is 8.07. The van der Waals surface area contributed by atoms with Crippen LogP contribution in [0.25, 0.3) is 0 Å². The van der Waals surface area contributed by atoms with Gasteiger partial charge in [-0.3, -0.25) is 9.69 Å². The number of piperidine rings is 1. The van der Waals surface area contributed by atoms with Crippen LogP contribution in [-0.2, 0) is 6.54 Å². The first kappa shape index (κ1) is 26.5. The van der Waals surface area contributed by atoms with E-state index in [0.29, 0.717) is 35.2 Å². The molecular formula is C32H38N6O2. The first-order valence-corrected chi connectivity index (χ1v) is 14.6. The lowest BCUT2D eigenvalue weighted by atomic mass is 9.96. The SMILES string of the molecule is O=C1Nc2cccnc2N(C(=O)N2CCCC2CCNCC2CCN(Cc3ccccc3)CC2)c2ccccc21. The van der Waals surface area contributed by atoms with E-state index in [0.717, 1.165) is 52.0 Å². The summed E-state index contributed by atoms with van der Waals surface area (Å²) < 4.78 is 0. The van der Waals surface area contributed by atoms with Gasteiger partial charge in [0.15, 0.2) is 5.82 Å². The van der Waals surface area contributed by atoms with Gasteiger partial charge in [0.2, 0.25) is 0 Å². The number of fused-ring (bicyclic) bond motifs is 2. The Hall–Kier alpha value is -3.75. The number of pyridine rings is 1. The number of anilines is 3. The van der Waals surface area contributed by atoms with Crippen molar-refractivity contribution in [1.82, 2.24) is 20.1 Å². The average molecular weight is 539 g/mol. The van der Waals surface area contributed by atoms with Gasteiger partial charge in [0.1, 0.15) is 0 Å². The van der Waals surface area contributed by atoms with Crippen molar-refractivity contribution in [2.45, 2.75) is 44.7 Å². The van der Waals surface area contributed by atoms with Crippen LogP contribution in [0.2, 0.25) is 0 Å². The lowest BCUT2D eigenvalue weighted by Crippen LogP contribution is -2.45. The largest absolute Gasteiger partial charge is 0.330 e. The van der Waals surface area contributed by atoms with Gasteiger partial charge in [-0.1, -0.05) is 42.5 Å². The van der Waals surface area contributed by atoms with Crippen molar-refractivity contribution in [3.8, 4) is 0 Å². The fourth-order valence-corrected chi connectivity index (χ4v) is 6.31. The number of rotatable bonds is 7. The highest BCUT2D eigenvalue weighted by atomic mass is 16.2. The van der Waals surface area contributed by atoms with Gasteiger partial charge in [-0.05, 0) is 94.0 Å². The van der Waals surface area contributed by atoms with E-state index in [-0.39, 0.29) is 18.0 Å². The van der Waals surface area contributed by atoms with Crippen LogP contribution in [0.3, 0.4) is 0 Å². The van der Waals surface area contributed by atoms with E-state index in [1.54, 1.807) is 29.3 Å². The standard InChI is InChI=1S/C32H38N6O2/c39-31-27-11-4-5-13-29(27)38(30-28(35-31)12-6-17-34-30)32(40)37-19-7-10-26(37)14-18-33-22-24-15-20-36(21-16-24)23-25-8-2-1-3-9-25/h1-6,8-9,11-13,17,24,26,33H,7,10,14-16,18-23H2,(H,35,39). The molecule has 2 fully saturated rings. The van der Waals surface area contributed by atoms with Gasteiger partial charge < -0.3 is 15.5 Å². The molecule has 6 rings (SSSR count). The number of hydrogen-bond acceptors (Lipinski definition) is 5. The Morgan fingerprint density at radius 1 is 0.950 bits per heavy atom. The average Bonchev–Trinajstić information content (AvgIpc) is 3.42. The van der Waals surface area contributed by atoms with Crippen molar-refractivity contribution in [2.75, 3.05) is 42.9 Å². The second-order valence-electron chi connectivity index (χ2n) is 11.2. The van der Waals surface area contributed by atoms with Gasteiger partial charge in [0.25, 0.3) is 5.91 Å². The zero-order valence-corrected chi connectivity index (χ0v) is 23.0. The second-order valence-corrected chi connectivity index (χ2v) is 11.2. The molecule has 0 spiro atoms. The summed E-state index contributed by atoms with van der Waals surface area (Å²) >= 11 is 0. The van der Waals surface area contributed by atoms with Crippen molar-refractivity contribution in [2.24, 2.45) is 5.92 Å². The molecule has 2 saturated heterocycles. The number of carbonyl (C=O) groups excluding carboxylic acids is 2. The van der Waals surface area contributed by atoms with Crippen LogP contribution in [0.5, 0.6) is 0 Å². The van der Waals surface area contributed by atoms with Crippen LogP contribution in [-0.4, -0.2) is 65.5 Å². The zero-order chi connectivity index (χ0) is 27.3. The van der Waals surface area contributed by atoms with Crippen LogP contribution in [0, 0.1) is 5.92 Å². The molecule has 8 nitrogen and oxygen atoms in total. The van der Waals surface area contributed by atoms with Crippen molar-refractivity contribution < 1.29 is 9.59 Å². The smallest absolute Gasteiger partial charge is 0.321 e. The zero-order valence-electron chi connectivity index (χ0n) is 23.0. The van der Waals surface area contributed by atoms with Crippen LogP contribution in [0.15, 0.2) is 72.9 Å². The summed E-state index contributed by atoms with van der Waals surface area (Å²) in [7, 11) is 0.